The van der Waals surface area contributed by atoms with Crippen molar-refractivity contribution in [1.29, 1.82) is 0 Å². The second-order valence-electron chi connectivity index (χ2n) is 5.78. The SMILES string of the molecule is C[NH+](Cc1nc2ccccc2s1)Cn1nnc2ccccc2c1=O. The van der Waals surface area contributed by atoms with E-state index < -0.39 is 0 Å². The van der Waals surface area contributed by atoms with Crippen LogP contribution < -0.4 is 10.5 Å². The first-order valence-corrected chi connectivity index (χ1v) is 8.50. The summed E-state index contributed by atoms with van der Waals surface area (Å²) in [4.78, 5) is 18.3. The lowest BCUT2D eigenvalue weighted by Crippen LogP contribution is -3.07. The quantitative estimate of drug-likeness (QED) is 0.605. The fourth-order valence-electron chi connectivity index (χ4n) is 2.69. The van der Waals surface area contributed by atoms with Crippen LogP contribution in [0.5, 0.6) is 0 Å². The standard InChI is InChI=1S/C17H15N5OS/c1-21(10-16-18-14-8-4-5-9-15(14)24-16)11-22-17(23)12-6-2-3-7-13(12)19-20-22/h2-9H,10-11H2,1H3/p+1. The minimum Gasteiger partial charge on any atom is -0.313 e. The Morgan fingerprint density at radius 1 is 1.08 bits per heavy atom. The van der Waals surface area contributed by atoms with E-state index in [2.05, 4.69) is 21.4 Å². The van der Waals surface area contributed by atoms with Crippen molar-refractivity contribution in [2.24, 2.45) is 0 Å². The van der Waals surface area contributed by atoms with E-state index in [1.807, 2.05) is 37.4 Å². The average Bonchev–Trinajstić information content (AvgIpc) is 2.99. The molecule has 0 radical (unpaired) electrons. The molecule has 1 unspecified atom stereocenters. The Morgan fingerprint density at radius 3 is 2.67 bits per heavy atom. The molecule has 0 aliphatic heterocycles. The van der Waals surface area contributed by atoms with Crippen molar-refractivity contribution >= 4 is 32.5 Å². The van der Waals surface area contributed by atoms with Gasteiger partial charge in [-0.25, -0.2) is 4.98 Å². The lowest BCUT2D eigenvalue weighted by molar-refractivity contribution is -0.917. The van der Waals surface area contributed by atoms with E-state index in [1.165, 1.54) is 9.38 Å². The van der Waals surface area contributed by atoms with Crippen LogP contribution in [0.15, 0.2) is 53.3 Å². The molecule has 2 aromatic heterocycles. The van der Waals surface area contributed by atoms with Gasteiger partial charge in [0, 0.05) is 0 Å². The Balaban J connectivity index is 1.56. The van der Waals surface area contributed by atoms with Crippen molar-refractivity contribution in [3.05, 3.63) is 63.9 Å². The number of nitrogens with zero attached hydrogens (tertiary/aromatic N) is 4. The third-order valence-corrected chi connectivity index (χ3v) is 4.88. The molecule has 0 aliphatic carbocycles. The van der Waals surface area contributed by atoms with Crippen molar-refractivity contribution < 1.29 is 4.90 Å². The smallest absolute Gasteiger partial charge is 0.282 e. The highest BCUT2D eigenvalue weighted by molar-refractivity contribution is 7.18. The van der Waals surface area contributed by atoms with E-state index in [0.29, 0.717) is 17.6 Å². The van der Waals surface area contributed by atoms with Gasteiger partial charge in [0.25, 0.3) is 5.56 Å². The molecular weight excluding hydrogens is 322 g/mol. The van der Waals surface area contributed by atoms with E-state index >= 15 is 0 Å². The fourth-order valence-corrected chi connectivity index (χ4v) is 3.77. The number of thiazole rings is 1. The zero-order valence-electron chi connectivity index (χ0n) is 13.1. The molecule has 7 heteroatoms. The highest BCUT2D eigenvalue weighted by Gasteiger charge is 2.12. The van der Waals surface area contributed by atoms with Gasteiger partial charge in [0.1, 0.15) is 17.1 Å². The van der Waals surface area contributed by atoms with E-state index in [1.54, 1.807) is 23.5 Å². The Bertz CT molecular complexity index is 1040. The number of benzene rings is 2. The largest absolute Gasteiger partial charge is 0.313 e. The number of fused-ring (bicyclic) bond motifs is 2. The van der Waals surface area contributed by atoms with Gasteiger partial charge in [-0.3, -0.25) is 4.79 Å². The summed E-state index contributed by atoms with van der Waals surface area (Å²) < 4.78 is 2.60. The minimum atomic E-state index is -0.107. The van der Waals surface area contributed by atoms with Crippen LogP contribution in [0, 0.1) is 0 Å². The van der Waals surface area contributed by atoms with Gasteiger partial charge >= 0.3 is 0 Å². The summed E-state index contributed by atoms with van der Waals surface area (Å²) >= 11 is 1.69. The molecule has 0 aliphatic rings. The normalized spacial score (nSPS) is 12.7. The molecule has 1 N–H and O–H groups in total. The highest BCUT2D eigenvalue weighted by Crippen LogP contribution is 2.20. The number of hydrogen-bond acceptors (Lipinski definition) is 5. The van der Waals surface area contributed by atoms with Crippen molar-refractivity contribution in [1.82, 2.24) is 20.0 Å². The van der Waals surface area contributed by atoms with Crippen LogP contribution in [0.2, 0.25) is 0 Å². The Labute approximate surface area is 142 Å². The van der Waals surface area contributed by atoms with Crippen LogP contribution in [0.3, 0.4) is 0 Å². The fraction of sp³-hybridized carbons (Fsp3) is 0.176. The summed E-state index contributed by atoms with van der Waals surface area (Å²) in [6.07, 6.45) is 0. The maximum absolute atomic E-state index is 12.5. The lowest BCUT2D eigenvalue weighted by Gasteiger charge is -2.12. The van der Waals surface area contributed by atoms with E-state index in [9.17, 15) is 4.79 Å². The van der Waals surface area contributed by atoms with Crippen LogP contribution in [-0.2, 0) is 13.2 Å². The molecule has 1 atom stereocenters. The van der Waals surface area contributed by atoms with E-state index in [-0.39, 0.29) is 5.56 Å². The monoisotopic (exact) mass is 338 g/mol. The number of nitrogens with one attached hydrogen (secondary N) is 1. The van der Waals surface area contributed by atoms with Gasteiger partial charge in [0.15, 0.2) is 6.67 Å². The second kappa shape index (κ2) is 6.10. The van der Waals surface area contributed by atoms with Crippen molar-refractivity contribution in [3.63, 3.8) is 0 Å². The number of quaternary nitrogens is 1. The molecule has 0 saturated heterocycles. The van der Waals surface area contributed by atoms with Crippen molar-refractivity contribution in [2.45, 2.75) is 13.2 Å². The summed E-state index contributed by atoms with van der Waals surface area (Å²) in [7, 11) is 2.02. The van der Waals surface area contributed by atoms with Crippen LogP contribution >= 0.6 is 11.3 Å². The maximum atomic E-state index is 12.5. The zero-order chi connectivity index (χ0) is 16.5. The van der Waals surface area contributed by atoms with Crippen molar-refractivity contribution in [2.75, 3.05) is 7.05 Å². The summed E-state index contributed by atoms with van der Waals surface area (Å²) in [6.45, 7) is 1.19. The first kappa shape index (κ1) is 14.9. The topological polar surface area (TPSA) is 65.1 Å². The van der Waals surface area contributed by atoms with Gasteiger partial charge in [-0.2, -0.15) is 4.68 Å². The van der Waals surface area contributed by atoms with Crippen LogP contribution in [-0.4, -0.2) is 27.0 Å². The van der Waals surface area contributed by atoms with Crippen molar-refractivity contribution in [3.8, 4) is 0 Å². The Kier molecular flexibility index (Phi) is 3.79. The summed E-state index contributed by atoms with van der Waals surface area (Å²) in [5.41, 5.74) is 1.54. The molecule has 2 heterocycles. The molecule has 2 aromatic carbocycles. The molecule has 24 heavy (non-hydrogen) atoms. The predicted molar refractivity (Wildman–Crippen MR) is 94.0 cm³/mol. The van der Waals surface area contributed by atoms with Gasteiger partial charge in [0.05, 0.1) is 22.7 Å². The molecule has 120 valence electrons. The second-order valence-corrected chi connectivity index (χ2v) is 6.89. The number of hydrogen-bond donors (Lipinski definition) is 1. The summed E-state index contributed by atoms with van der Waals surface area (Å²) in [5, 5.41) is 9.82. The van der Waals surface area contributed by atoms with Crippen LogP contribution in [0.25, 0.3) is 21.1 Å². The molecule has 0 spiro atoms. The van der Waals surface area contributed by atoms with Gasteiger partial charge < -0.3 is 4.90 Å². The molecule has 4 rings (SSSR count). The first-order chi connectivity index (χ1) is 11.7. The molecule has 6 nitrogen and oxygen atoms in total. The number of rotatable bonds is 4. The van der Waals surface area contributed by atoms with Gasteiger partial charge in [-0.05, 0) is 24.3 Å². The molecular formula is C17H16N5OS+. The Morgan fingerprint density at radius 2 is 1.83 bits per heavy atom. The number of aromatic nitrogens is 4. The molecule has 0 saturated carbocycles. The lowest BCUT2D eigenvalue weighted by atomic mass is 10.2. The van der Waals surface area contributed by atoms with E-state index in [0.717, 1.165) is 22.0 Å². The first-order valence-electron chi connectivity index (χ1n) is 7.69. The predicted octanol–water partition coefficient (Wildman–Crippen LogP) is 1.07. The minimum absolute atomic E-state index is 0.107. The molecule has 0 bridgehead atoms. The van der Waals surface area contributed by atoms with Crippen LogP contribution in [0.1, 0.15) is 5.01 Å². The number of para-hydroxylation sites is 1. The molecule has 0 fully saturated rings. The zero-order valence-corrected chi connectivity index (χ0v) is 14.0. The maximum Gasteiger partial charge on any atom is 0.282 e. The Hall–Kier alpha value is -2.64. The van der Waals surface area contributed by atoms with Gasteiger partial charge in [0.2, 0.25) is 0 Å². The third kappa shape index (κ3) is 2.79. The van der Waals surface area contributed by atoms with Crippen LogP contribution in [0.4, 0.5) is 0 Å². The van der Waals surface area contributed by atoms with E-state index in [4.69, 9.17) is 0 Å². The van der Waals surface area contributed by atoms with Gasteiger partial charge in [-0.15, -0.1) is 16.4 Å². The third-order valence-electron chi connectivity index (χ3n) is 3.84. The summed E-state index contributed by atoms with van der Waals surface area (Å²) in [5.74, 6) is 0. The molecule has 0 amide bonds. The molecule has 4 aromatic rings. The highest BCUT2D eigenvalue weighted by atomic mass is 32.1. The average molecular weight is 338 g/mol. The van der Waals surface area contributed by atoms with Gasteiger partial charge in [-0.1, -0.05) is 29.5 Å². The summed E-state index contributed by atoms with van der Waals surface area (Å²) in [6, 6.07) is 15.4.